The molecule has 1 aromatic heterocycles. The highest BCUT2D eigenvalue weighted by atomic mass is 32.2. The number of nitrogens with one attached hydrogen (secondary N) is 1. The number of cyclic esters (lactones) is 1. The number of ether oxygens (including phenoxy) is 5. The first kappa shape index (κ1) is 51.6. The molecule has 0 bridgehead atoms. The van der Waals surface area contributed by atoms with E-state index in [1.807, 2.05) is 65.1 Å². The molecule has 13 atom stereocenters. The number of aryl methyl sites for hydroxylation is 1. The van der Waals surface area contributed by atoms with Crippen LogP contribution in [0.15, 0.2) is 30.5 Å². The number of aliphatic hydroxyl groups excluding tert-OH is 1. The van der Waals surface area contributed by atoms with Gasteiger partial charge in [0.2, 0.25) is 0 Å². The second-order valence-corrected chi connectivity index (χ2v) is 19.0. The Morgan fingerprint density at radius 2 is 1.77 bits per heavy atom. The van der Waals surface area contributed by atoms with Crippen molar-refractivity contribution in [1.82, 2.24) is 30.1 Å². The molecule has 6 rings (SSSR count). The summed E-state index contributed by atoms with van der Waals surface area (Å²) >= 11 is 0.250. The van der Waals surface area contributed by atoms with E-state index in [4.69, 9.17) is 29.4 Å². The van der Waals surface area contributed by atoms with E-state index < -0.39 is 65.7 Å². The van der Waals surface area contributed by atoms with E-state index >= 15 is 0 Å². The molecule has 5 heterocycles. The Balaban J connectivity index is 0.00000250. The van der Waals surface area contributed by atoms with Gasteiger partial charge in [-0.3, -0.25) is 24.1 Å². The quantitative estimate of drug-likeness (QED) is 0.102. The second kappa shape index (κ2) is 22.9. The highest BCUT2D eigenvalue weighted by Crippen LogP contribution is 2.40. The number of hydrogen-bond acceptors (Lipinski definition) is 15. The van der Waals surface area contributed by atoms with Gasteiger partial charge in [0.25, 0.3) is 0 Å². The number of amides is 1. The summed E-state index contributed by atoms with van der Waals surface area (Å²) in [4.78, 5) is 46.5. The van der Waals surface area contributed by atoms with Crippen molar-refractivity contribution in [2.75, 3.05) is 45.3 Å². The van der Waals surface area contributed by atoms with Gasteiger partial charge in [0.15, 0.2) is 17.7 Å². The topological polar surface area (TPSA) is 193 Å². The number of benzene rings is 1. The van der Waals surface area contributed by atoms with Crippen LogP contribution in [-0.4, -0.2) is 147 Å². The van der Waals surface area contributed by atoms with E-state index in [0.717, 1.165) is 43.6 Å². The number of ketones is 1. The summed E-state index contributed by atoms with van der Waals surface area (Å²) in [5, 5.41) is 24.1. The predicted octanol–water partition coefficient (Wildman–Crippen LogP) is 6.05. The second-order valence-electron chi connectivity index (χ2n) is 18.7. The van der Waals surface area contributed by atoms with Crippen molar-refractivity contribution in [3.63, 3.8) is 0 Å². The average molecular weight is 920 g/mol. The zero-order valence-corrected chi connectivity index (χ0v) is 40.4. The zero-order valence-electron chi connectivity index (χ0n) is 39.5. The maximum atomic E-state index is 14.5. The fourth-order valence-electron chi connectivity index (χ4n) is 10.4. The van der Waals surface area contributed by atoms with Crippen molar-refractivity contribution in [2.45, 2.75) is 167 Å². The third kappa shape index (κ3) is 11.9. The number of esters is 1. The molecule has 4 aliphatic rings. The van der Waals surface area contributed by atoms with E-state index in [9.17, 15) is 23.4 Å². The highest BCUT2D eigenvalue weighted by molar-refractivity contribution is 7.93. The van der Waals surface area contributed by atoms with Gasteiger partial charge in [-0.1, -0.05) is 38.1 Å². The minimum Gasteiger partial charge on any atom is -0.458 e. The number of nitrogens with zero attached hydrogens (tertiary/aromatic N) is 5. The molecule has 0 aliphatic carbocycles. The largest absolute Gasteiger partial charge is 0.458 e. The van der Waals surface area contributed by atoms with Crippen LogP contribution in [0.3, 0.4) is 0 Å². The summed E-state index contributed by atoms with van der Waals surface area (Å²) < 4.78 is 43.8. The average Bonchev–Trinajstić information content (AvgIpc) is 4.03. The van der Waals surface area contributed by atoms with Crippen LogP contribution in [0, 0.1) is 17.8 Å². The maximum absolute atomic E-state index is 14.5. The number of halogens is 1. The molecule has 1 amide bonds. The van der Waals surface area contributed by atoms with Gasteiger partial charge in [-0.15, -0.1) is 5.10 Å². The number of rotatable bonds is 11. The smallest absolute Gasteiger partial charge is 0.410 e. The van der Waals surface area contributed by atoms with Gasteiger partial charge >= 0.3 is 12.1 Å². The maximum Gasteiger partial charge on any atom is 0.410 e. The van der Waals surface area contributed by atoms with E-state index in [1.165, 1.54) is 6.26 Å². The minimum absolute atomic E-state index is 0.00527. The molecule has 3 unspecified atom stereocenters. The van der Waals surface area contributed by atoms with Gasteiger partial charge < -0.3 is 39.8 Å². The first-order valence-corrected chi connectivity index (χ1v) is 24.2. The normalized spacial score (nSPS) is 35.7. The third-order valence-electron chi connectivity index (χ3n) is 13.8. The van der Waals surface area contributed by atoms with E-state index in [-0.39, 0.29) is 42.0 Å². The molecule has 360 valence electrons. The number of aliphatic hydroxyl groups is 1. The number of hydrogen-bond donors (Lipinski definition) is 3. The third-order valence-corrected chi connectivity index (χ3v) is 13.8. The monoisotopic (exact) mass is 920 g/mol. The number of Topliss-reactive ketones (excluding diaryl/α,β-unsaturated/α-hetero) is 1. The van der Waals surface area contributed by atoms with Crippen LogP contribution in [0.2, 0.25) is 0 Å². The number of fused-ring (bicyclic) bond motifs is 1. The molecule has 4 aliphatic heterocycles. The number of aromatic nitrogens is 3. The molecule has 1 aromatic carbocycles. The summed E-state index contributed by atoms with van der Waals surface area (Å²) in [6.07, 6.45) is 3.95. The Labute approximate surface area is 383 Å². The first-order valence-electron chi connectivity index (χ1n) is 23.1. The van der Waals surface area contributed by atoms with Gasteiger partial charge in [-0.05, 0) is 117 Å². The highest BCUT2D eigenvalue weighted by Gasteiger charge is 2.59. The van der Waals surface area contributed by atoms with Crippen molar-refractivity contribution in [2.24, 2.45) is 17.8 Å². The lowest BCUT2D eigenvalue weighted by atomic mass is 9.78. The van der Waals surface area contributed by atoms with E-state index in [0.29, 0.717) is 51.0 Å². The molecule has 18 heteroatoms. The number of anilines is 1. The lowest BCUT2D eigenvalue weighted by Gasteiger charge is -2.47. The van der Waals surface area contributed by atoms with Gasteiger partial charge in [-0.25, -0.2) is 4.79 Å². The summed E-state index contributed by atoms with van der Waals surface area (Å²) in [5.41, 5.74) is 5.98. The SMILES string of the molecule is CC[C@H]1OC(=O)[C@H](C)C(=O)[C@H](C)[C@@H](O[C@@H]2OC(C)CC(N3CCCC3)C2O)[C@](C)(OC)C[C@@H](C)CN[C@H](C)[C@H]2N(CCCCn3cc(-c4cccc(N)c4)nn3)C(=O)O[C@]12C.CSF. The molecule has 4 saturated heterocycles. The fourth-order valence-corrected chi connectivity index (χ4v) is 10.4. The number of unbranched alkanes of at least 4 members (excludes halogenated alkanes) is 1. The van der Waals surface area contributed by atoms with Crippen LogP contribution < -0.4 is 11.1 Å². The molecular weight excluding hydrogens is 846 g/mol. The molecule has 2 aromatic rings. The standard InChI is InChI=1S/C45H71N7O9.CH3FS/c1-10-36-45(8)39(52(43(56)61-45)21-14-13-20-51-26-34(48-49-51)32-16-15-17-33(46)23-32)31(6)47-25-27(2)24-44(7,57-9)40(29(4)37(53)30(5)41(55)59-36)60-42-38(54)35(22-28(3)58-42)50-18-11-12-19-50;1-3-2/h15-17,23,26-31,35-36,38-40,42,47,54H,10-14,18-22,24-25,46H2,1-9H3;1H3/t27-,28?,29+,30-,31-,35?,36-,38?,39-,40-,42+,44-,45-;/m1./s1. The van der Waals surface area contributed by atoms with Gasteiger partial charge in [-0.2, -0.15) is 3.89 Å². The summed E-state index contributed by atoms with van der Waals surface area (Å²) in [5.74, 6) is -3.11. The summed E-state index contributed by atoms with van der Waals surface area (Å²) in [7, 11) is 1.61. The fraction of sp³-hybridized carbons (Fsp3) is 0.761. The Morgan fingerprint density at radius 3 is 2.42 bits per heavy atom. The van der Waals surface area contributed by atoms with Gasteiger partial charge in [0, 0.05) is 67.9 Å². The Bertz CT molecular complexity index is 1840. The molecule has 64 heavy (non-hydrogen) atoms. The van der Waals surface area contributed by atoms with Crippen molar-refractivity contribution >= 4 is 35.7 Å². The van der Waals surface area contributed by atoms with Gasteiger partial charge in [0.05, 0.1) is 30.0 Å². The van der Waals surface area contributed by atoms with Crippen molar-refractivity contribution in [3.8, 4) is 11.3 Å². The number of nitrogen functional groups attached to an aromatic ring is 1. The molecule has 0 spiro atoms. The van der Waals surface area contributed by atoms with E-state index in [1.54, 1.807) is 30.5 Å². The van der Waals surface area contributed by atoms with Crippen molar-refractivity contribution in [1.29, 1.82) is 0 Å². The lowest BCUT2D eigenvalue weighted by Crippen LogP contribution is -2.61. The van der Waals surface area contributed by atoms with E-state index in [2.05, 4.69) is 27.5 Å². The van der Waals surface area contributed by atoms with Crippen LogP contribution in [0.25, 0.3) is 11.3 Å². The summed E-state index contributed by atoms with van der Waals surface area (Å²) in [6.45, 7) is 18.4. The number of methoxy groups -OCH3 is 1. The van der Waals surface area contributed by atoms with Crippen molar-refractivity contribution < 1.29 is 47.1 Å². The Kier molecular flexibility index (Phi) is 18.4. The van der Waals surface area contributed by atoms with Crippen LogP contribution in [0.4, 0.5) is 14.4 Å². The van der Waals surface area contributed by atoms with Crippen LogP contribution in [0.1, 0.15) is 100 Å². The van der Waals surface area contributed by atoms with Crippen LogP contribution >= 0.6 is 12.1 Å². The van der Waals surface area contributed by atoms with Crippen LogP contribution in [0.5, 0.6) is 0 Å². The molecule has 0 radical (unpaired) electrons. The molecule has 16 nitrogen and oxygen atoms in total. The first-order chi connectivity index (χ1) is 30.4. The van der Waals surface area contributed by atoms with Crippen molar-refractivity contribution in [3.05, 3.63) is 30.5 Å². The number of likely N-dealkylation sites (tertiary alicyclic amines) is 1. The number of carbonyl (C=O) groups is 3. The van der Waals surface area contributed by atoms with Crippen LogP contribution in [-0.2, 0) is 39.8 Å². The number of nitrogens with two attached hydrogens (primary N) is 1. The Hall–Kier alpha value is -3.39. The van der Waals surface area contributed by atoms with Gasteiger partial charge in [0.1, 0.15) is 23.8 Å². The molecular formula is C46H74FN7O9S. The minimum atomic E-state index is -1.23. The number of carbonyl (C=O) groups excluding carboxylic acids is 3. The molecule has 4 fully saturated rings. The molecule has 4 N–H and O–H groups in total. The Morgan fingerprint density at radius 1 is 1.08 bits per heavy atom. The predicted molar refractivity (Wildman–Crippen MR) is 244 cm³/mol. The zero-order chi connectivity index (χ0) is 46.9. The summed E-state index contributed by atoms with van der Waals surface area (Å²) in [6, 6.07) is 6.57. The lowest BCUT2D eigenvalue weighted by molar-refractivity contribution is -0.296. The molecule has 0 saturated carbocycles.